The van der Waals surface area contributed by atoms with Crippen molar-refractivity contribution in [3.63, 3.8) is 0 Å². The summed E-state index contributed by atoms with van der Waals surface area (Å²) in [7, 11) is 0. The fourth-order valence-electron chi connectivity index (χ4n) is 2.57. The standard InChI is InChI=1S/C13H24N2O3/c14-9-12-10-15(6-8-18-12)13(16)5-4-11-3-1-2-7-17-11/h11-12H,1-10,14H2/t11-,12-/m0/s1. The lowest BCUT2D eigenvalue weighted by atomic mass is 10.0. The summed E-state index contributed by atoms with van der Waals surface area (Å²) in [6, 6.07) is 0. The number of nitrogens with two attached hydrogens (primary N) is 1. The second-order valence-electron chi connectivity index (χ2n) is 5.10. The molecule has 5 nitrogen and oxygen atoms in total. The van der Waals surface area contributed by atoms with E-state index in [-0.39, 0.29) is 18.1 Å². The molecule has 1 amide bonds. The van der Waals surface area contributed by atoms with Gasteiger partial charge in [0, 0.05) is 32.7 Å². The van der Waals surface area contributed by atoms with Crippen LogP contribution in [0.4, 0.5) is 0 Å². The highest BCUT2D eigenvalue weighted by atomic mass is 16.5. The first-order valence-electron chi connectivity index (χ1n) is 7.00. The second kappa shape index (κ2) is 7.07. The average Bonchev–Trinajstić information content (AvgIpc) is 2.46. The van der Waals surface area contributed by atoms with E-state index < -0.39 is 0 Å². The van der Waals surface area contributed by atoms with Gasteiger partial charge in [-0.15, -0.1) is 0 Å². The third kappa shape index (κ3) is 3.93. The number of ether oxygens (including phenoxy) is 2. The van der Waals surface area contributed by atoms with Gasteiger partial charge in [-0.25, -0.2) is 0 Å². The summed E-state index contributed by atoms with van der Waals surface area (Å²) in [5, 5.41) is 0. The monoisotopic (exact) mass is 256 g/mol. The lowest BCUT2D eigenvalue weighted by Crippen LogP contribution is -2.48. The summed E-state index contributed by atoms with van der Waals surface area (Å²) in [6.07, 6.45) is 5.22. The van der Waals surface area contributed by atoms with E-state index in [1.54, 1.807) is 0 Å². The molecular formula is C13H24N2O3. The largest absolute Gasteiger partial charge is 0.378 e. The molecule has 104 valence electrons. The van der Waals surface area contributed by atoms with E-state index in [4.69, 9.17) is 15.2 Å². The highest BCUT2D eigenvalue weighted by Gasteiger charge is 2.24. The smallest absolute Gasteiger partial charge is 0.222 e. The fraction of sp³-hybridized carbons (Fsp3) is 0.923. The van der Waals surface area contributed by atoms with Crippen molar-refractivity contribution in [2.45, 2.75) is 44.3 Å². The number of rotatable bonds is 4. The number of hydrogen-bond acceptors (Lipinski definition) is 4. The molecule has 2 N–H and O–H groups in total. The zero-order chi connectivity index (χ0) is 12.8. The van der Waals surface area contributed by atoms with Crippen LogP contribution in [0.25, 0.3) is 0 Å². The predicted octanol–water partition coefficient (Wildman–Crippen LogP) is 0.522. The number of nitrogens with zero attached hydrogens (tertiary/aromatic N) is 1. The maximum Gasteiger partial charge on any atom is 0.222 e. The van der Waals surface area contributed by atoms with Crippen molar-refractivity contribution >= 4 is 5.91 Å². The van der Waals surface area contributed by atoms with Gasteiger partial charge in [-0.1, -0.05) is 0 Å². The molecule has 0 radical (unpaired) electrons. The van der Waals surface area contributed by atoms with Crippen molar-refractivity contribution in [3.05, 3.63) is 0 Å². The summed E-state index contributed by atoms with van der Waals surface area (Å²) >= 11 is 0. The molecule has 0 bridgehead atoms. The summed E-state index contributed by atoms with van der Waals surface area (Å²) in [4.78, 5) is 14.0. The minimum atomic E-state index is 0.00799. The van der Waals surface area contributed by atoms with Gasteiger partial charge < -0.3 is 20.1 Å². The van der Waals surface area contributed by atoms with Gasteiger partial charge in [0.2, 0.25) is 5.91 Å². The van der Waals surface area contributed by atoms with Crippen LogP contribution in [0.1, 0.15) is 32.1 Å². The Morgan fingerprint density at radius 3 is 2.78 bits per heavy atom. The van der Waals surface area contributed by atoms with E-state index >= 15 is 0 Å². The molecule has 0 spiro atoms. The molecular weight excluding hydrogens is 232 g/mol. The third-order valence-electron chi connectivity index (χ3n) is 3.71. The van der Waals surface area contributed by atoms with Crippen LogP contribution in [0.15, 0.2) is 0 Å². The van der Waals surface area contributed by atoms with Crippen molar-refractivity contribution in [2.24, 2.45) is 5.73 Å². The van der Waals surface area contributed by atoms with Crippen LogP contribution in [0.5, 0.6) is 0 Å². The van der Waals surface area contributed by atoms with Crippen LogP contribution < -0.4 is 5.73 Å². The van der Waals surface area contributed by atoms with Crippen LogP contribution >= 0.6 is 0 Å². The highest BCUT2D eigenvalue weighted by molar-refractivity contribution is 5.76. The second-order valence-corrected chi connectivity index (χ2v) is 5.10. The summed E-state index contributed by atoms with van der Waals surface area (Å²) < 4.78 is 11.1. The predicted molar refractivity (Wildman–Crippen MR) is 68.2 cm³/mol. The molecule has 18 heavy (non-hydrogen) atoms. The number of hydrogen-bond donors (Lipinski definition) is 1. The van der Waals surface area contributed by atoms with E-state index in [9.17, 15) is 4.79 Å². The first-order chi connectivity index (χ1) is 8.79. The molecule has 2 aliphatic rings. The maximum atomic E-state index is 12.1. The van der Waals surface area contributed by atoms with Crippen LogP contribution in [0.3, 0.4) is 0 Å². The van der Waals surface area contributed by atoms with E-state index in [1.807, 2.05) is 4.90 Å². The summed E-state index contributed by atoms with van der Waals surface area (Å²) in [5.74, 6) is 0.214. The summed E-state index contributed by atoms with van der Waals surface area (Å²) in [6.45, 7) is 3.27. The zero-order valence-corrected chi connectivity index (χ0v) is 11.0. The Morgan fingerprint density at radius 2 is 2.06 bits per heavy atom. The Balaban J connectivity index is 1.70. The molecule has 2 fully saturated rings. The Kier molecular flexibility index (Phi) is 5.41. The molecule has 2 rings (SSSR count). The van der Waals surface area contributed by atoms with Gasteiger partial charge in [0.1, 0.15) is 0 Å². The molecule has 0 aliphatic carbocycles. The van der Waals surface area contributed by atoms with Crippen molar-refractivity contribution in [2.75, 3.05) is 32.8 Å². The fourth-order valence-corrected chi connectivity index (χ4v) is 2.57. The van der Waals surface area contributed by atoms with Gasteiger partial charge in [-0.2, -0.15) is 0 Å². The molecule has 0 aromatic carbocycles. The minimum absolute atomic E-state index is 0.00799. The van der Waals surface area contributed by atoms with Crippen molar-refractivity contribution in [1.29, 1.82) is 0 Å². The lowest BCUT2D eigenvalue weighted by Gasteiger charge is -2.33. The lowest BCUT2D eigenvalue weighted by molar-refractivity contribution is -0.139. The van der Waals surface area contributed by atoms with Crippen molar-refractivity contribution < 1.29 is 14.3 Å². The van der Waals surface area contributed by atoms with Gasteiger partial charge in [0.15, 0.2) is 0 Å². The molecule has 0 saturated carbocycles. The SMILES string of the molecule is NC[C@H]1CN(C(=O)CC[C@@H]2CCCCO2)CCO1. The maximum absolute atomic E-state index is 12.1. The Labute approximate surface area is 109 Å². The first-order valence-corrected chi connectivity index (χ1v) is 7.00. The van der Waals surface area contributed by atoms with Crippen molar-refractivity contribution in [1.82, 2.24) is 4.90 Å². The Bertz CT molecular complexity index is 267. The van der Waals surface area contributed by atoms with Gasteiger partial charge in [0.05, 0.1) is 18.8 Å². The van der Waals surface area contributed by atoms with E-state index in [0.717, 1.165) is 25.9 Å². The molecule has 0 aromatic rings. The molecule has 0 unspecified atom stereocenters. The van der Waals surface area contributed by atoms with Crippen molar-refractivity contribution in [3.8, 4) is 0 Å². The molecule has 2 aliphatic heterocycles. The van der Waals surface area contributed by atoms with Gasteiger partial charge in [-0.05, 0) is 25.7 Å². The van der Waals surface area contributed by atoms with Crippen LogP contribution in [0, 0.1) is 0 Å². The molecule has 2 atom stereocenters. The van der Waals surface area contributed by atoms with Crippen LogP contribution in [0.2, 0.25) is 0 Å². The van der Waals surface area contributed by atoms with E-state index in [0.29, 0.717) is 32.7 Å². The molecule has 5 heteroatoms. The molecule has 2 heterocycles. The highest BCUT2D eigenvalue weighted by Crippen LogP contribution is 2.18. The number of morpholine rings is 1. The average molecular weight is 256 g/mol. The van der Waals surface area contributed by atoms with Gasteiger partial charge >= 0.3 is 0 Å². The van der Waals surface area contributed by atoms with E-state index in [2.05, 4.69) is 0 Å². The quantitative estimate of drug-likeness (QED) is 0.796. The molecule has 0 aromatic heterocycles. The number of carbonyl (C=O) groups excluding carboxylic acids is 1. The normalized spacial score (nSPS) is 29.3. The van der Waals surface area contributed by atoms with E-state index in [1.165, 1.54) is 6.42 Å². The third-order valence-corrected chi connectivity index (χ3v) is 3.71. The Morgan fingerprint density at radius 1 is 1.22 bits per heavy atom. The Hall–Kier alpha value is -0.650. The first kappa shape index (κ1) is 13.8. The van der Waals surface area contributed by atoms with Crippen LogP contribution in [-0.4, -0.2) is 55.9 Å². The zero-order valence-electron chi connectivity index (χ0n) is 11.0. The summed E-state index contributed by atoms with van der Waals surface area (Å²) in [5.41, 5.74) is 5.57. The number of carbonyl (C=O) groups is 1. The number of amides is 1. The molecule has 2 saturated heterocycles. The van der Waals surface area contributed by atoms with Gasteiger partial charge in [0.25, 0.3) is 0 Å². The van der Waals surface area contributed by atoms with Gasteiger partial charge in [-0.3, -0.25) is 4.79 Å². The minimum Gasteiger partial charge on any atom is -0.378 e. The topological polar surface area (TPSA) is 64.8 Å². The van der Waals surface area contributed by atoms with Crippen LogP contribution in [-0.2, 0) is 14.3 Å².